The van der Waals surface area contributed by atoms with Crippen LogP contribution in [-0.4, -0.2) is 29.6 Å². The maximum absolute atomic E-state index is 11.3. The van der Waals surface area contributed by atoms with Crippen molar-refractivity contribution in [3.05, 3.63) is 0 Å². The summed E-state index contributed by atoms with van der Waals surface area (Å²) in [4.78, 5) is 11.3. The quantitative estimate of drug-likeness (QED) is 0.714. The summed E-state index contributed by atoms with van der Waals surface area (Å²) >= 11 is 1.58. The van der Waals surface area contributed by atoms with Crippen LogP contribution >= 0.6 is 11.8 Å². The van der Waals surface area contributed by atoms with E-state index in [4.69, 9.17) is 10.5 Å². The van der Waals surface area contributed by atoms with Crippen molar-refractivity contribution in [2.24, 2.45) is 11.7 Å². The third-order valence-electron chi connectivity index (χ3n) is 1.44. The molecule has 2 N–H and O–H groups in total. The van der Waals surface area contributed by atoms with E-state index >= 15 is 0 Å². The lowest BCUT2D eigenvalue weighted by Gasteiger charge is -2.19. The summed E-state index contributed by atoms with van der Waals surface area (Å²) in [6.07, 6.45) is 0. The summed E-state index contributed by atoms with van der Waals surface area (Å²) in [6.45, 7) is 8.36. The molecule has 0 aliphatic carbocycles. The zero-order valence-electron chi connectivity index (χ0n) is 9.50. The van der Waals surface area contributed by atoms with Crippen molar-refractivity contribution in [2.75, 3.05) is 18.1 Å². The van der Waals surface area contributed by atoms with Crippen molar-refractivity contribution < 1.29 is 9.53 Å². The third-order valence-corrected chi connectivity index (χ3v) is 2.69. The molecule has 0 aromatic rings. The summed E-state index contributed by atoms with van der Waals surface area (Å²) in [7, 11) is 0. The fraction of sp³-hybridized carbons (Fsp3) is 0.900. The molecule has 0 spiro atoms. The Bertz CT molecular complexity index is 177. The number of hydrogen-bond donors (Lipinski definition) is 1. The molecular weight excluding hydrogens is 198 g/mol. The second-order valence-electron chi connectivity index (χ2n) is 4.44. The van der Waals surface area contributed by atoms with Crippen LogP contribution in [0.1, 0.15) is 27.7 Å². The Morgan fingerprint density at radius 3 is 2.50 bits per heavy atom. The number of rotatable bonds is 5. The average Bonchev–Trinajstić information content (AvgIpc) is 2.00. The van der Waals surface area contributed by atoms with Crippen LogP contribution in [0.5, 0.6) is 0 Å². The number of esters is 1. The van der Waals surface area contributed by atoms with E-state index in [9.17, 15) is 4.79 Å². The largest absolute Gasteiger partial charge is 0.459 e. The van der Waals surface area contributed by atoms with E-state index in [1.54, 1.807) is 11.8 Å². The molecular formula is C10H21NO2S. The van der Waals surface area contributed by atoms with Gasteiger partial charge in [0.15, 0.2) is 0 Å². The van der Waals surface area contributed by atoms with Crippen LogP contribution in [0.15, 0.2) is 0 Å². The van der Waals surface area contributed by atoms with E-state index in [1.807, 2.05) is 20.8 Å². The summed E-state index contributed by atoms with van der Waals surface area (Å²) in [5.41, 5.74) is 5.08. The number of carbonyl (C=O) groups excluding carboxylic acids is 1. The highest BCUT2D eigenvalue weighted by Gasteiger charge is 2.16. The molecule has 0 aliphatic rings. The Balaban J connectivity index is 3.55. The highest BCUT2D eigenvalue weighted by molar-refractivity contribution is 7.99. The lowest BCUT2D eigenvalue weighted by Crippen LogP contribution is -2.25. The maximum Gasteiger partial charge on any atom is 0.316 e. The molecule has 0 saturated heterocycles. The second kappa shape index (κ2) is 6.30. The van der Waals surface area contributed by atoms with Gasteiger partial charge < -0.3 is 10.5 Å². The smallest absolute Gasteiger partial charge is 0.316 e. The Morgan fingerprint density at radius 2 is 2.07 bits per heavy atom. The number of hydrogen-bond acceptors (Lipinski definition) is 4. The highest BCUT2D eigenvalue weighted by atomic mass is 32.2. The Morgan fingerprint density at radius 1 is 1.50 bits per heavy atom. The maximum atomic E-state index is 11.3. The standard InChI is InChI=1S/C10H21NO2S/c1-8(5-11)6-14-7-9(12)13-10(2,3)4/h8H,5-7,11H2,1-4H3. The van der Waals surface area contributed by atoms with Gasteiger partial charge >= 0.3 is 5.97 Å². The molecule has 3 nitrogen and oxygen atoms in total. The lowest BCUT2D eigenvalue weighted by molar-refractivity contribution is -0.151. The Labute approximate surface area is 90.8 Å². The van der Waals surface area contributed by atoms with Gasteiger partial charge in [-0.25, -0.2) is 0 Å². The summed E-state index contributed by atoms with van der Waals surface area (Å²) in [6, 6.07) is 0. The molecule has 0 amide bonds. The summed E-state index contributed by atoms with van der Waals surface area (Å²) in [5, 5.41) is 0. The molecule has 0 aliphatic heterocycles. The van der Waals surface area contributed by atoms with Gasteiger partial charge in [0, 0.05) is 0 Å². The first-order chi connectivity index (χ1) is 6.35. The zero-order valence-corrected chi connectivity index (χ0v) is 10.3. The minimum Gasteiger partial charge on any atom is -0.459 e. The van der Waals surface area contributed by atoms with E-state index in [-0.39, 0.29) is 11.6 Å². The van der Waals surface area contributed by atoms with Gasteiger partial charge in [0.2, 0.25) is 0 Å². The van der Waals surface area contributed by atoms with E-state index in [0.29, 0.717) is 18.2 Å². The number of ether oxygens (including phenoxy) is 1. The van der Waals surface area contributed by atoms with Crippen LogP contribution in [0.3, 0.4) is 0 Å². The first-order valence-electron chi connectivity index (χ1n) is 4.85. The number of nitrogens with two attached hydrogens (primary N) is 1. The molecule has 0 heterocycles. The molecule has 0 bridgehead atoms. The molecule has 0 fully saturated rings. The van der Waals surface area contributed by atoms with Gasteiger partial charge in [-0.2, -0.15) is 0 Å². The van der Waals surface area contributed by atoms with Gasteiger partial charge in [-0.05, 0) is 39.0 Å². The van der Waals surface area contributed by atoms with E-state index in [1.165, 1.54) is 0 Å². The van der Waals surface area contributed by atoms with E-state index < -0.39 is 0 Å². The number of carbonyl (C=O) groups is 1. The van der Waals surface area contributed by atoms with E-state index in [0.717, 1.165) is 5.75 Å². The molecule has 14 heavy (non-hydrogen) atoms. The first kappa shape index (κ1) is 13.8. The van der Waals surface area contributed by atoms with Crippen LogP contribution < -0.4 is 5.73 Å². The normalized spacial score (nSPS) is 13.8. The van der Waals surface area contributed by atoms with Crippen LogP contribution in [0.25, 0.3) is 0 Å². The number of thioether (sulfide) groups is 1. The van der Waals surface area contributed by atoms with Gasteiger partial charge in [0.25, 0.3) is 0 Å². The van der Waals surface area contributed by atoms with Crippen LogP contribution in [0.2, 0.25) is 0 Å². The second-order valence-corrected chi connectivity index (χ2v) is 5.47. The molecule has 0 saturated carbocycles. The summed E-state index contributed by atoms with van der Waals surface area (Å²) < 4.78 is 5.16. The monoisotopic (exact) mass is 219 g/mol. The average molecular weight is 219 g/mol. The molecule has 84 valence electrons. The summed E-state index contributed by atoms with van der Waals surface area (Å²) in [5.74, 6) is 1.64. The van der Waals surface area contributed by atoms with Crippen molar-refractivity contribution >= 4 is 17.7 Å². The fourth-order valence-electron chi connectivity index (χ4n) is 0.782. The van der Waals surface area contributed by atoms with Gasteiger partial charge in [-0.3, -0.25) is 4.79 Å². The highest BCUT2D eigenvalue weighted by Crippen LogP contribution is 2.11. The Hall–Kier alpha value is -0.220. The molecule has 0 rings (SSSR count). The predicted molar refractivity (Wildman–Crippen MR) is 61.4 cm³/mol. The van der Waals surface area contributed by atoms with Crippen molar-refractivity contribution in [2.45, 2.75) is 33.3 Å². The fourth-order valence-corrected chi connectivity index (χ4v) is 1.66. The minimum atomic E-state index is -0.378. The zero-order chi connectivity index (χ0) is 11.2. The van der Waals surface area contributed by atoms with E-state index in [2.05, 4.69) is 6.92 Å². The van der Waals surface area contributed by atoms with Gasteiger partial charge in [0.1, 0.15) is 5.60 Å². The van der Waals surface area contributed by atoms with Crippen molar-refractivity contribution in [1.29, 1.82) is 0 Å². The Kier molecular flexibility index (Phi) is 6.20. The van der Waals surface area contributed by atoms with Crippen molar-refractivity contribution in [3.8, 4) is 0 Å². The van der Waals surface area contributed by atoms with Crippen LogP contribution in [0, 0.1) is 5.92 Å². The minimum absolute atomic E-state index is 0.147. The molecule has 0 radical (unpaired) electrons. The van der Waals surface area contributed by atoms with Crippen LogP contribution in [-0.2, 0) is 9.53 Å². The van der Waals surface area contributed by atoms with Crippen molar-refractivity contribution in [1.82, 2.24) is 0 Å². The van der Waals surface area contributed by atoms with Gasteiger partial charge in [-0.15, -0.1) is 11.8 Å². The molecule has 1 unspecified atom stereocenters. The van der Waals surface area contributed by atoms with Crippen LogP contribution in [0.4, 0.5) is 0 Å². The molecule has 0 aromatic heterocycles. The first-order valence-corrected chi connectivity index (χ1v) is 6.00. The SMILES string of the molecule is CC(CN)CSCC(=O)OC(C)(C)C. The van der Waals surface area contributed by atoms with Crippen molar-refractivity contribution in [3.63, 3.8) is 0 Å². The third kappa shape index (κ3) is 8.38. The van der Waals surface area contributed by atoms with Gasteiger partial charge in [0.05, 0.1) is 5.75 Å². The predicted octanol–water partition coefficient (Wildman–Crippen LogP) is 1.66. The molecule has 0 aromatic carbocycles. The molecule has 4 heteroatoms. The topological polar surface area (TPSA) is 52.3 Å². The van der Waals surface area contributed by atoms with Gasteiger partial charge in [-0.1, -0.05) is 6.92 Å². The molecule has 1 atom stereocenters. The lowest BCUT2D eigenvalue weighted by atomic mass is 10.2.